The van der Waals surface area contributed by atoms with Gasteiger partial charge in [-0.15, -0.1) is 0 Å². The molecule has 2 fully saturated rings. The second kappa shape index (κ2) is 4.81. The van der Waals surface area contributed by atoms with Crippen LogP contribution in [0.4, 0.5) is 10.1 Å². The lowest BCUT2D eigenvalue weighted by molar-refractivity contribution is 0.0696. The Kier molecular flexibility index (Phi) is 3.14. The van der Waals surface area contributed by atoms with Gasteiger partial charge in [0.25, 0.3) is 0 Å². The zero-order chi connectivity index (χ0) is 13.4. The number of fused-ring (bicyclic) bond motifs is 1. The second-order valence-electron chi connectivity index (χ2n) is 5.24. The van der Waals surface area contributed by atoms with E-state index in [0.29, 0.717) is 11.7 Å². The lowest BCUT2D eigenvalue weighted by Gasteiger charge is -2.39. The molecule has 1 N–H and O–H groups in total. The van der Waals surface area contributed by atoms with Crippen molar-refractivity contribution in [1.82, 2.24) is 4.90 Å². The smallest absolute Gasteiger partial charge is 0.337 e. The van der Waals surface area contributed by atoms with Gasteiger partial charge in [0, 0.05) is 25.7 Å². The number of piperazine rings is 1. The molecule has 1 aromatic carbocycles. The van der Waals surface area contributed by atoms with Gasteiger partial charge < -0.3 is 10.0 Å². The Morgan fingerprint density at radius 3 is 2.95 bits per heavy atom. The van der Waals surface area contributed by atoms with Crippen molar-refractivity contribution in [3.05, 3.63) is 29.6 Å². The van der Waals surface area contributed by atoms with Gasteiger partial charge in [0.2, 0.25) is 0 Å². The molecule has 0 aromatic heterocycles. The summed E-state index contributed by atoms with van der Waals surface area (Å²) in [5.74, 6) is -1.57. The third kappa shape index (κ3) is 2.30. The van der Waals surface area contributed by atoms with Crippen LogP contribution in [0.1, 0.15) is 23.2 Å². The van der Waals surface area contributed by atoms with Gasteiger partial charge in [0.15, 0.2) is 0 Å². The fraction of sp³-hybridized carbons (Fsp3) is 0.500. The maximum Gasteiger partial charge on any atom is 0.337 e. The Hall–Kier alpha value is -1.62. The molecule has 1 unspecified atom stereocenters. The average molecular weight is 264 g/mol. The first-order valence-corrected chi connectivity index (χ1v) is 6.67. The minimum atomic E-state index is -1.07. The molecule has 1 aromatic rings. The Morgan fingerprint density at radius 2 is 2.16 bits per heavy atom. The number of carbonyl (C=O) groups is 1. The quantitative estimate of drug-likeness (QED) is 0.884. The zero-order valence-electron chi connectivity index (χ0n) is 10.7. The van der Waals surface area contributed by atoms with Crippen LogP contribution in [0, 0.1) is 5.82 Å². The number of hydrogen-bond acceptors (Lipinski definition) is 3. The van der Waals surface area contributed by atoms with Gasteiger partial charge in [-0.25, -0.2) is 9.18 Å². The summed E-state index contributed by atoms with van der Waals surface area (Å²) < 4.78 is 13.2. The van der Waals surface area contributed by atoms with E-state index in [1.54, 1.807) is 6.07 Å². The number of nitrogens with zero attached hydrogens (tertiary/aromatic N) is 2. The number of rotatable bonds is 2. The summed E-state index contributed by atoms with van der Waals surface area (Å²) in [5.41, 5.74) is 0.701. The van der Waals surface area contributed by atoms with E-state index in [4.69, 9.17) is 0 Å². The maximum atomic E-state index is 13.2. The molecule has 5 heteroatoms. The predicted molar refractivity (Wildman–Crippen MR) is 70.2 cm³/mol. The fourth-order valence-corrected chi connectivity index (χ4v) is 3.17. The molecule has 102 valence electrons. The Morgan fingerprint density at radius 1 is 1.32 bits per heavy atom. The van der Waals surface area contributed by atoms with Crippen LogP contribution in [0.15, 0.2) is 18.2 Å². The first-order valence-electron chi connectivity index (χ1n) is 6.67. The highest BCUT2D eigenvalue weighted by molar-refractivity contribution is 5.94. The van der Waals surface area contributed by atoms with E-state index < -0.39 is 11.8 Å². The number of carboxylic acid groups (broad SMARTS) is 1. The van der Waals surface area contributed by atoms with Gasteiger partial charge in [0.05, 0.1) is 11.3 Å². The molecule has 0 radical (unpaired) electrons. The summed E-state index contributed by atoms with van der Waals surface area (Å²) in [6.07, 6.45) is 2.38. The molecule has 0 bridgehead atoms. The Balaban J connectivity index is 1.87. The van der Waals surface area contributed by atoms with Crippen molar-refractivity contribution in [3.8, 4) is 0 Å². The topological polar surface area (TPSA) is 43.8 Å². The van der Waals surface area contributed by atoms with E-state index in [9.17, 15) is 14.3 Å². The summed E-state index contributed by atoms with van der Waals surface area (Å²) in [7, 11) is 0. The molecule has 0 saturated carbocycles. The summed E-state index contributed by atoms with van der Waals surface area (Å²) in [4.78, 5) is 15.8. The highest BCUT2D eigenvalue weighted by atomic mass is 19.1. The number of halogens is 1. The number of anilines is 1. The molecule has 2 saturated heterocycles. The van der Waals surface area contributed by atoms with E-state index in [2.05, 4.69) is 9.80 Å². The van der Waals surface area contributed by atoms with Gasteiger partial charge in [0.1, 0.15) is 5.82 Å². The van der Waals surface area contributed by atoms with E-state index in [1.165, 1.54) is 18.9 Å². The van der Waals surface area contributed by atoms with Crippen molar-refractivity contribution < 1.29 is 14.3 Å². The van der Waals surface area contributed by atoms with Crippen LogP contribution in [0.3, 0.4) is 0 Å². The lowest BCUT2D eigenvalue weighted by Crippen LogP contribution is -2.50. The molecule has 2 aliphatic rings. The van der Waals surface area contributed by atoms with Crippen LogP contribution in [0.2, 0.25) is 0 Å². The van der Waals surface area contributed by atoms with Crippen LogP contribution in [-0.4, -0.2) is 48.2 Å². The second-order valence-corrected chi connectivity index (χ2v) is 5.24. The molecular weight excluding hydrogens is 247 g/mol. The highest BCUT2D eigenvalue weighted by Gasteiger charge is 2.31. The fourth-order valence-electron chi connectivity index (χ4n) is 3.17. The summed E-state index contributed by atoms with van der Waals surface area (Å²) in [5, 5.41) is 9.20. The van der Waals surface area contributed by atoms with E-state index in [1.807, 2.05) is 0 Å². The van der Waals surface area contributed by atoms with Crippen molar-refractivity contribution in [2.45, 2.75) is 18.9 Å². The monoisotopic (exact) mass is 264 g/mol. The molecular formula is C14H17FN2O2. The molecule has 3 rings (SSSR count). The van der Waals surface area contributed by atoms with Gasteiger partial charge in [-0.1, -0.05) is 0 Å². The number of aromatic carboxylic acids is 1. The Bertz CT molecular complexity index is 506. The van der Waals surface area contributed by atoms with Gasteiger partial charge in [-0.05, 0) is 37.6 Å². The van der Waals surface area contributed by atoms with Crippen molar-refractivity contribution in [1.29, 1.82) is 0 Å². The molecule has 1 atom stereocenters. The van der Waals surface area contributed by atoms with E-state index in [-0.39, 0.29) is 5.56 Å². The zero-order valence-corrected chi connectivity index (χ0v) is 10.7. The lowest BCUT2D eigenvalue weighted by atomic mass is 10.1. The van der Waals surface area contributed by atoms with E-state index in [0.717, 1.165) is 32.2 Å². The summed E-state index contributed by atoms with van der Waals surface area (Å²) >= 11 is 0. The first kappa shape index (κ1) is 12.4. The number of hydrogen-bond donors (Lipinski definition) is 1. The summed E-state index contributed by atoms with van der Waals surface area (Å²) in [6.45, 7) is 3.75. The molecule has 19 heavy (non-hydrogen) atoms. The minimum Gasteiger partial charge on any atom is -0.478 e. The Labute approximate surface area is 111 Å². The minimum absolute atomic E-state index is 0.0615. The number of benzene rings is 1. The van der Waals surface area contributed by atoms with Crippen LogP contribution >= 0.6 is 0 Å². The van der Waals surface area contributed by atoms with Crippen molar-refractivity contribution >= 4 is 11.7 Å². The van der Waals surface area contributed by atoms with Gasteiger partial charge in [-0.2, -0.15) is 0 Å². The third-order valence-corrected chi connectivity index (χ3v) is 4.12. The maximum absolute atomic E-state index is 13.2. The first-order chi connectivity index (χ1) is 9.15. The predicted octanol–water partition coefficient (Wildman–Crippen LogP) is 1.81. The molecule has 2 heterocycles. The normalized spacial score (nSPS) is 23.4. The molecule has 0 aliphatic carbocycles. The summed E-state index contributed by atoms with van der Waals surface area (Å²) in [6, 6.07) is 4.55. The van der Waals surface area contributed by atoms with Crippen LogP contribution in [0.5, 0.6) is 0 Å². The van der Waals surface area contributed by atoms with Crippen molar-refractivity contribution in [2.75, 3.05) is 31.1 Å². The molecule has 4 nitrogen and oxygen atoms in total. The molecule has 0 amide bonds. The van der Waals surface area contributed by atoms with Gasteiger partial charge >= 0.3 is 5.97 Å². The number of carboxylic acids is 1. The van der Waals surface area contributed by atoms with Crippen LogP contribution < -0.4 is 4.90 Å². The van der Waals surface area contributed by atoms with Crippen molar-refractivity contribution in [3.63, 3.8) is 0 Å². The SMILES string of the molecule is O=C(O)c1cc(F)ccc1N1CCN2CCCC2C1. The van der Waals surface area contributed by atoms with E-state index >= 15 is 0 Å². The van der Waals surface area contributed by atoms with Crippen molar-refractivity contribution in [2.24, 2.45) is 0 Å². The van der Waals surface area contributed by atoms with Gasteiger partial charge in [-0.3, -0.25) is 4.90 Å². The third-order valence-electron chi connectivity index (χ3n) is 4.12. The highest BCUT2D eigenvalue weighted by Crippen LogP contribution is 2.28. The standard InChI is InChI=1S/C14H17FN2O2/c15-10-3-4-13(12(8-10)14(18)19)17-7-6-16-5-1-2-11(16)9-17/h3-4,8,11H,1-2,5-7,9H2,(H,18,19). The van der Waals surface area contributed by atoms with Crippen LogP contribution in [0.25, 0.3) is 0 Å². The van der Waals surface area contributed by atoms with Crippen LogP contribution in [-0.2, 0) is 0 Å². The molecule has 2 aliphatic heterocycles. The largest absolute Gasteiger partial charge is 0.478 e. The molecule has 0 spiro atoms. The average Bonchev–Trinajstić information content (AvgIpc) is 2.85.